The number of aromatic nitrogens is 2. The fourth-order valence-electron chi connectivity index (χ4n) is 2.46. The second kappa shape index (κ2) is 8.17. The Labute approximate surface area is 176 Å². The van der Waals surface area contributed by atoms with Gasteiger partial charge in [0.1, 0.15) is 12.2 Å². The van der Waals surface area contributed by atoms with E-state index in [2.05, 4.69) is 32.9 Å². The molecule has 7 nitrogen and oxygen atoms in total. The zero-order valence-electron chi connectivity index (χ0n) is 15.7. The first-order chi connectivity index (χ1) is 13.2. The Kier molecular flexibility index (Phi) is 5.87. The smallest absolute Gasteiger partial charge is 0.420 e. The van der Waals surface area contributed by atoms with Gasteiger partial charge in [-0.25, -0.2) is 19.1 Å². The third-order valence-electron chi connectivity index (χ3n) is 3.64. The van der Waals surface area contributed by atoms with Crippen LogP contribution in [0.2, 0.25) is 0 Å². The van der Waals surface area contributed by atoms with E-state index in [4.69, 9.17) is 9.47 Å². The van der Waals surface area contributed by atoms with Crippen LogP contribution in [0.1, 0.15) is 26.3 Å². The number of fused-ring (bicyclic) bond motifs is 1. The Balaban J connectivity index is 1.73. The molecule has 0 aliphatic carbocycles. The van der Waals surface area contributed by atoms with E-state index in [0.29, 0.717) is 11.3 Å². The largest absolute Gasteiger partial charge is 0.444 e. The highest BCUT2D eigenvalue weighted by molar-refractivity contribution is 14.1. The molecule has 0 radical (unpaired) electrons. The molecule has 28 heavy (non-hydrogen) atoms. The van der Waals surface area contributed by atoms with E-state index in [1.165, 1.54) is 10.8 Å². The van der Waals surface area contributed by atoms with Crippen LogP contribution in [0.15, 0.2) is 48.8 Å². The van der Waals surface area contributed by atoms with Gasteiger partial charge in [-0.15, -0.1) is 0 Å². The standard InChI is InChI=1S/C20H20IN3O4/c1-20(2,3)28-19(26)24-11-16(21)15-9-14(10-22-17(15)24)23-18(25)27-12-13-7-5-4-6-8-13/h4-11H,12H2,1-3H3,(H,23,25). The number of benzene rings is 1. The van der Waals surface area contributed by atoms with Gasteiger partial charge in [-0.05, 0) is 55.0 Å². The van der Waals surface area contributed by atoms with Gasteiger partial charge in [-0.1, -0.05) is 30.3 Å². The van der Waals surface area contributed by atoms with Gasteiger partial charge < -0.3 is 9.47 Å². The average molecular weight is 493 g/mol. The Morgan fingerprint density at radius 3 is 2.61 bits per heavy atom. The first kappa shape index (κ1) is 20.1. The summed E-state index contributed by atoms with van der Waals surface area (Å²) in [7, 11) is 0. The topological polar surface area (TPSA) is 82.5 Å². The highest BCUT2D eigenvalue weighted by Crippen LogP contribution is 2.25. The molecule has 3 aromatic rings. The maximum Gasteiger partial charge on any atom is 0.420 e. The first-order valence-corrected chi connectivity index (χ1v) is 9.68. The number of anilines is 1. The van der Waals surface area contributed by atoms with Crippen molar-refractivity contribution in [2.24, 2.45) is 0 Å². The third kappa shape index (κ3) is 5.00. The minimum Gasteiger partial charge on any atom is -0.444 e. The second-order valence-electron chi connectivity index (χ2n) is 7.11. The van der Waals surface area contributed by atoms with Crippen LogP contribution in [-0.2, 0) is 16.1 Å². The Bertz CT molecular complexity index is 1010. The molecule has 0 atom stereocenters. The monoisotopic (exact) mass is 493 g/mol. The lowest BCUT2D eigenvalue weighted by Crippen LogP contribution is -2.26. The van der Waals surface area contributed by atoms with E-state index in [0.717, 1.165) is 14.5 Å². The zero-order valence-corrected chi connectivity index (χ0v) is 17.9. The molecule has 8 heteroatoms. The van der Waals surface area contributed by atoms with Gasteiger partial charge in [-0.3, -0.25) is 5.32 Å². The molecule has 0 saturated heterocycles. The SMILES string of the molecule is CC(C)(C)OC(=O)n1cc(I)c2cc(NC(=O)OCc3ccccc3)cnc21. The molecule has 0 unspecified atom stereocenters. The summed E-state index contributed by atoms with van der Waals surface area (Å²) in [4.78, 5) is 28.7. The molecule has 0 fully saturated rings. The number of nitrogens with zero attached hydrogens (tertiary/aromatic N) is 2. The normalized spacial score (nSPS) is 11.3. The fraction of sp³-hybridized carbons (Fsp3) is 0.250. The van der Waals surface area contributed by atoms with Crippen molar-refractivity contribution in [3.05, 3.63) is 57.9 Å². The van der Waals surface area contributed by atoms with Crippen LogP contribution < -0.4 is 5.32 Å². The number of amides is 1. The Morgan fingerprint density at radius 1 is 1.21 bits per heavy atom. The minimum absolute atomic E-state index is 0.175. The number of pyridine rings is 1. The van der Waals surface area contributed by atoms with E-state index in [-0.39, 0.29) is 6.61 Å². The molecule has 146 valence electrons. The van der Waals surface area contributed by atoms with Crippen molar-refractivity contribution in [3.63, 3.8) is 0 Å². The highest BCUT2D eigenvalue weighted by atomic mass is 127. The summed E-state index contributed by atoms with van der Waals surface area (Å²) in [5, 5.41) is 3.38. The number of carbonyl (C=O) groups is 2. The lowest BCUT2D eigenvalue weighted by Gasteiger charge is -2.19. The lowest BCUT2D eigenvalue weighted by atomic mass is 10.2. The van der Waals surface area contributed by atoms with Crippen LogP contribution in [0.25, 0.3) is 11.0 Å². The predicted molar refractivity (Wildman–Crippen MR) is 114 cm³/mol. The lowest BCUT2D eigenvalue weighted by molar-refractivity contribution is 0.0543. The number of carbonyl (C=O) groups excluding carboxylic acids is 2. The molecule has 0 bridgehead atoms. The van der Waals surface area contributed by atoms with Gasteiger partial charge in [0.05, 0.1) is 11.9 Å². The number of hydrogen-bond acceptors (Lipinski definition) is 5. The maximum atomic E-state index is 12.4. The van der Waals surface area contributed by atoms with Gasteiger partial charge in [0.25, 0.3) is 0 Å². The molecular weight excluding hydrogens is 473 g/mol. The molecule has 2 heterocycles. The number of nitrogens with one attached hydrogen (secondary N) is 1. The molecule has 1 amide bonds. The van der Waals surface area contributed by atoms with Crippen LogP contribution in [0, 0.1) is 3.57 Å². The van der Waals surface area contributed by atoms with Crippen molar-refractivity contribution in [2.75, 3.05) is 5.32 Å². The van der Waals surface area contributed by atoms with Crippen molar-refractivity contribution in [1.82, 2.24) is 9.55 Å². The van der Waals surface area contributed by atoms with Crippen LogP contribution in [0.3, 0.4) is 0 Å². The molecule has 0 aliphatic rings. The van der Waals surface area contributed by atoms with E-state index in [1.807, 2.05) is 30.3 Å². The van der Waals surface area contributed by atoms with Crippen LogP contribution >= 0.6 is 22.6 Å². The third-order valence-corrected chi connectivity index (χ3v) is 4.50. The molecule has 0 saturated carbocycles. The van der Waals surface area contributed by atoms with E-state index in [1.54, 1.807) is 33.0 Å². The molecule has 1 aromatic carbocycles. The van der Waals surface area contributed by atoms with Crippen LogP contribution in [0.5, 0.6) is 0 Å². The molecule has 0 spiro atoms. The van der Waals surface area contributed by atoms with Gasteiger partial charge in [0.2, 0.25) is 0 Å². The van der Waals surface area contributed by atoms with E-state index < -0.39 is 17.8 Å². The van der Waals surface area contributed by atoms with E-state index >= 15 is 0 Å². The molecule has 0 aliphatic heterocycles. The summed E-state index contributed by atoms with van der Waals surface area (Å²) in [6.45, 7) is 5.59. The van der Waals surface area contributed by atoms with Gasteiger partial charge in [-0.2, -0.15) is 0 Å². The summed E-state index contributed by atoms with van der Waals surface area (Å²) in [5.41, 5.74) is 1.23. The van der Waals surface area contributed by atoms with Crippen molar-refractivity contribution < 1.29 is 19.1 Å². The Hall–Kier alpha value is -2.62. The van der Waals surface area contributed by atoms with Gasteiger partial charge >= 0.3 is 12.2 Å². The second-order valence-corrected chi connectivity index (χ2v) is 8.27. The van der Waals surface area contributed by atoms with Crippen molar-refractivity contribution in [3.8, 4) is 0 Å². The average Bonchev–Trinajstić information content (AvgIpc) is 2.96. The first-order valence-electron chi connectivity index (χ1n) is 8.60. The van der Waals surface area contributed by atoms with E-state index in [9.17, 15) is 9.59 Å². The Morgan fingerprint density at radius 2 is 1.93 bits per heavy atom. The predicted octanol–water partition coefficient (Wildman–Crippen LogP) is 5.17. The number of rotatable bonds is 3. The highest BCUT2D eigenvalue weighted by Gasteiger charge is 2.21. The molecule has 2 aromatic heterocycles. The molecule has 1 N–H and O–H groups in total. The summed E-state index contributed by atoms with van der Waals surface area (Å²) >= 11 is 2.11. The quantitative estimate of drug-likeness (QED) is 0.509. The summed E-state index contributed by atoms with van der Waals surface area (Å²) in [5.74, 6) is 0. The van der Waals surface area contributed by atoms with Gasteiger partial charge in [0, 0.05) is 15.2 Å². The van der Waals surface area contributed by atoms with Crippen LogP contribution in [-0.4, -0.2) is 27.3 Å². The zero-order chi connectivity index (χ0) is 20.3. The summed E-state index contributed by atoms with van der Waals surface area (Å²) in [6.07, 6.45) is 2.05. The maximum absolute atomic E-state index is 12.4. The summed E-state index contributed by atoms with van der Waals surface area (Å²) in [6, 6.07) is 11.2. The number of hydrogen-bond donors (Lipinski definition) is 1. The minimum atomic E-state index is -0.608. The number of halogens is 1. The number of ether oxygens (including phenoxy) is 2. The molecular formula is C20H20IN3O4. The van der Waals surface area contributed by atoms with Crippen molar-refractivity contribution >= 4 is 51.5 Å². The summed E-state index contributed by atoms with van der Waals surface area (Å²) < 4.78 is 12.8. The van der Waals surface area contributed by atoms with Crippen molar-refractivity contribution in [1.29, 1.82) is 0 Å². The van der Waals surface area contributed by atoms with Crippen molar-refractivity contribution in [2.45, 2.75) is 33.0 Å². The van der Waals surface area contributed by atoms with Crippen LogP contribution in [0.4, 0.5) is 15.3 Å². The van der Waals surface area contributed by atoms with Gasteiger partial charge in [0.15, 0.2) is 5.65 Å². The molecule has 3 rings (SSSR count). The fourth-order valence-corrected chi connectivity index (χ4v) is 3.14.